The molecule has 16 nitrogen and oxygen atoms in total. The van der Waals surface area contributed by atoms with Gasteiger partial charge in [0.25, 0.3) is 23.2 Å². The molecule has 0 heterocycles. The topological polar surface area (TPSA) is 244 Å². The van der Waals surface area contributed by atoms with Crippen molar-refractivity contribution in [2.24, 2.45) is 0 Å². The van der Waals surface area contributed by atoms with Crippen LogP contribution in [0.5, 0.6) is 11.5 Å². The highest BCUT2D eigenvalue weighted by Gasteiger charge is 2.33. The fraction of sp³-hybridized carbons (Fsp3) is 0.316. The molecule has 0 aliphatic rings. The Bertz CT molecular complexity index is 1770. The predicted molar refractivity (Wildman–Crippen MR) is 200 cm³/mol. The van der Waals surface area contributed by atoms with E-state index < -0.39 is 32.9 Å². The minimum Gasteiger partial charge on any atom is -0.490 e. The van der Waals surface area contributed by atoms with Crippen LogP contribution in [0.1, 0.15) is 36.1 Å². The van der Waals surface area contributed by atoms with Crippen LogP contribution in [0.25, 0.3) is 0 Å². The zero-order valence-electron chi connectivity index (χ0n) is 30.3. The Hall–Kier alpha value is -5.94. The second kappa shape index (κ2) is 19.2. The number of aliphatic hydroxyl groups excluding tert-OH is 2. The van der Waals surface area contributed by atoms with Gasteiger partial charge in [-0.05, 0) is 100 Å². The molecular formula is C38H44N4O12. The molecule has 2 amide bonds. The maximum absolute atomic E-state index is 12.3. The van der Waals surface area contributed by atoms with Crippen molar-refractivity contribution in [2.45, 2.75) is 51.7 Å². The number of nitro benzene ring substituents is 2. The van der Waals surface area contributed by atoms with Gasteiger partial charge in [-0.15, -0.1) is 0 Å². The molecular weight excluding hydrogens is 704 g/mol. The van der Waals surface area contributed by atoms with Gasteiger partial charge in [0.05, 0.1) is 9.85 Å². The average molecular weight is 749 g/mol. The Balaban J connectivity index is 0.000000290. The number of aliphatic hydroxyl groups is 4. The number of rotatable bonds is 16. The molecule has 2 unspecified atom stereocenters. The maximum atomic E-state index is 12.3. The fourth-order valence-corrected chi connectivity index (χ4v) is 4.75. The lowest BCUT2D eigenvalue weighted by molar-refractivity contribution is -0.385. The lowest BCUT2D eigenvalue weighted by Crippen LogP contribution is -2.45. The maximum Gasteiger partial charge on any atom is 0.272 e. The molecule has 0 aliphatic heterocycles. The average Bonchev–Trinajstić information content (AvgIpc) is 3.11. The van der Waals surface area contributed by atoms with Crippen molar-refractivity contribution in [2.75, 3.05) is 37.1 Å². The van der Waals surface area contributed by atoms with Crippen LogP contribution in [0.15, 0.2) is 84.9 Å². The molecule has 4 rings (SSSR count). The van der Waals surface area contributed by atoms with Crippen LogP contribution in [-0.4, -0.2) is 79.7 Å². The molecule has 0 spiro atoms. The standard InChI is InChI=1S/2C19H22N2O6/c2*1-13-11-15(5-8-17(13)21(25)26)20-18(23)19(2,24)12-27-16-6-3-14(4-7-16)9-10-22/h2*3-8,11,22,24H,9-10,12H2,1-2H3,(H,20,23). The van der Waals surface area contributed by atoms with Crippen LogP contribution in [0.4, 0.5) is 22.7 Å². The van der Waals surface area contributed by atoms with Crippen molar-refractivity contribution < 1.29 is 49.3 Å². The van der Waals surface area contributed by atoms with E-state index in [9.17, 15) is 40.0 Å². The number of ether oxygens (including phenoxy) is 2. The van der Waals surface area contributed by atoms with Crippen molar-refractivity contribution in [3.63, 3.8) is 0 Å². The molecule has 0 aromatic heterocycles. The Morgan fingerprint density at radius 2 is 0.963 bits per heavy atom. The van der Waals surface area contributed by atoms with Gasteiger partial charge >= 0.3 is 0 Å². The number of hydrogen-bond acceptors (Lipinski definition) is 12. The van der Waals surface area contributed by atoms with E-state index in [1.54, 1.807) is 62.4 Å². The van der Waals surface area contributed by atoms with Crippen LogP contribution >= 0.6 is 0 Å². The number of benzene rings is 4. The Morgan fingerprint density at radius 1 is 0.630 bits per heavy atom. The van der Waals surface area contributed by atoms with Crippen molar-refractivity contribution in [3.8, 4) is 11.5 Å². The molecule has 0 radical (unpaired) electrons. The Labute approximate surface area is 311 Å². The number of nitro groups is 2. The zero-order chi connectivity index (χ0) is 40.1. The van der Waals surface area contributed by atoms with E-state index in [4.69, 9.17) is 19.7 Å². The monoisotopic (exact) mass is 748 g/mol. The van der Waals surface area contributed by atoms with E-state index in [1.807, 2.05) is 0 Å². The van der Waals surface area contributed by atoms with Gasteiger partial charge < -0.3 is 40.5 Å². The largest absolute Gasteiger partial charge is 0.490 e. The molecule has 4 aromatic rings. The molecule has 6 N–H and O–H groups in total. The van der Waals surface area contributed by atoms with Crippen LogP contribution in [0.2, 0.25) is 0 Å². The molecule has 0 aliphatic carbocycles. The van der Waals surface area contributed by atoms with Crippen molar-refractivity contribution in [3.05, 3.63) is 127 Å². The summed E-state index contributed by atoms with van der Waals surface area (Å²) >= 11 is 0. The van der Waals surface area contributed by atoms with Gasteiger partial charge in [-0.2, -0.15) is 0 Å². The van der Waals surface area contributed by atoms with Crippen LogP contribution in [0, 0.1) is 34.1 Å². The minimum atomic E-state index is -1.81. The molecule has 288 valence electrons. The molecule has 0 saturated heterocycles. The molecule has 0 bridgehead atoms. The first-order chi connectivity index (χ1) is 25.4. The molecule has 2 atom stereocenters. The summed E-state index contributed by atoms with van der Waals surface area (Å²) < 4.78 is 10.9. The summed E-state index contributed by atoms with van der Waals surface area (Å²) in [6.45, 7) is 5.33. The van der Waals surface area contributed by atoms with Gasteiger partial charge in [-0.3, -0.25) is 29.8 Å². The zero-order valence-corrected chi connectivity index (χ0v) is 30.3. The lowest BCUT2D eigenvalue weighted by atomic mass is 10.1. The fourth-order valence-electron chi connectivity index (χ4n) is 4.75. The van der Waals surface area contributed by atoms with Gasteiger partial charge in [-0.25, -0.2) is 0 Å². The summed E-state index contributed by atoms with van der Waals surface area (Å²) in [6, 6.07) is 22.3. The third kappa shape index (κ3) is 12.6. The van der Waals surface area contributed by atoms with E-state index in [1.165, 1.54) is 50.2 Å². The second-order valence-electron chi connectivity index (χ2n) is 12.8. The van der Waals surface area contributed by atoms with Gasteiger partial charge in [0.1, 0.15) is 24.7 Å². The highest BCUT2D eigenvalue weighted by atomic mass is 16.6. The number of aryl methyl sites for hydroxylation is 2. The van der Waals surface area contributed by atoms with E-state index in [0.29, 0.717) is 46.8 Å². The van der Waals surface area contributed by atoms with Gasteiger partial charge in [-0.1, -0.05) is 24.3 Å². The number of carbonyl (C=O) groups excluding carboxylic acids is 2. The first-order valence-electron chi connectivity index (χ1n) is 16.7. The smallest absolute Gasteiger partial charge is 0.272 e. The molecule has 0 fully saturated rings. The predicted octanol–water partition coefficient (Wildman–Crippen LogP) is 4.41. The summed E-state index contributed by atoms with van der Waals surface area (Å²) in [6.07, 6.45) is 1.07. The quantitative estimate of drug-likeness (QED) is 0.0689. The normalized spacial score (nSPS) is 12.9. The molecule has 54 heavy (non-hydrogen) atoms. The third-order valence-electron chi connectivity index (χ3n) is 7.97. The Morgan fingerprint density at radius 3 is 1.24 bits per heavy atom. The summed E-state index contributed by atoms with van der Waals surface area (Å²) in [5, 5.41) is 65.3. The van der Waals surface area contributed by atoms with E-state index in [-0.39, 0.29) is 37.8 Å². The summed E-state index contributed by atoms with van der Waals surface area (Å²) in [5.41, 5.74) is -0.327. The third-order valence-corrected chi connectivity index (χ3v) is 7.97. The first kappa shape index (κ1) is 42.5. The second-order valence-corrected chi connectivity index (χ2v) is 12.8. The summed E-state index contributed by atoms with van der Waals surface area (Å²) in [4.78, 5) is 45.3. The number of carbonyl (C=O) groups is 2. The minimum absolute atomic E-state index is 0.0484. The number of nitrogens with zero attached hydrogens (tertiary/aromatic N) is 2. The van der Waals surface area contributed by atoms with E-state index >= 15 is 0 Å². The van der Waals surface area contributed by atoms with E-state index in [0.717, 1.165) is 11.1 Å². The number of nitrogens with one attached hydrogen (secondary N) is 2. The van der Waals surface area contributed by atoms with Gasteiger partial charge in [0, 0.05) is 47.8 Å². The summed E-state index contributed by atoms with van der Waals surface area (Å²) in [7, 11) is 0. The first-order valence-corrected chi connectivity index (χ1v) is 16.7. The molecule has 0 saturated carbocycles. The highest BCUT2D eigenvalue weighted by molar-refractivity contribution is 5.97. The Kier molecular flexibility index (Phi) is 15.1. The number of hydrogen-bond donors (Lipinski definition) is 6. The van der Waals surface area contributed by atoms with Crippen molar-refractivity contribution in [1.29, 1.82) is 0 Å². The summed E-state index contributed by atoms with van der Waals surface area (Å²) in [5.74, 6) is -0.410. The molecule has 16 heteroatoms. The number of amides is 2. The van der Waals surface area contributed by atoms with Crippen LogP contribution < -0.4 is 20.1 Å². The number of anilines is 2. The lowest BCUT2D eigenvalue weighted by Gasteiger charge is -2.22. The van der Waals surface area contributed by atoms with Crippen molar-refractivity contribution >= 4 is 34.6 Å². The van der Waals surface area contributed by atoms with Gasteiger partial charge in [0.2, 0.25) is 0 Å². The van der Waals surface area contributed by atoms with Crippen LogP contribution in [0.3, 0.4) is 0 Å². The van der Waals surface area contributed by atoms with Crippen LogP contribution in [-0.2, 0) is 22.4 Å². The highest BCUT2D eigenvalue weighted by Crippen LogP contribution is 2.24. The SMILES string of the molecule is Cc1cc(NC(=O)C(C)(O)COc2ccc(CCO)cc2)ccc1[N+](=O)[O-].Cc1cc(NC(=O)C(C)(O)COc2ccc(CCO)cc2)ccc1[N+](=O)[O-]. The van der Waals surface area contributed by atoms with E-state index in [2.05, 4.69) is 10.6 Å². The van der Waals surface area contributed by atoms with Gasteiger partial charge in [0.15, 0.2) is 11.2 Å². The van der Waals surface area contributed by atoms with Crippen molar-refractivity contribution in [1.82, 2.24) is 0 Å². The molecule has 4 aromatic carbocycles.